The fraction of sp³-hybridized carbons (Fsp3) is 0.364. The van der Waals surface area contributed by atoms with Crippen molar-refractivity contribution in [3.8, 4) is 0 Å². The standard InChI is InChI=1S/C8H7NO2.C3H8.H2/c1-5-2-3-6-7(4-5)11-8(10)9-6;1-3-2;/h2-4H,1H3,(H,9,10);3H2,1-2H3;1H. The van der Waals surface area contributed by atoms with Crippen LogP contribution in [0.15, 0.2) is 27.4 Å². The lowest BCUT2D eigenvalue weighted by atomic mass is 10.2. The smallest absolute Gasteiger partial charge is 0.408 e. The second-order valence-electron chi connectivity index (χ2n) is 3.22. The first-order valence-corrected chi connectivity index (χ1v) is 4.76. The van der Waals surface area contributed by atoms with E-state index in [2.05, 4.69) is 18.8 Å². The number of aromatic amines is 1. The second-order valence-corrected chi connectivity index (χ2v) is 3.22. The van der Waals surface area contributed by atoms with E-state index >= 15 is 0 Å². The third-order valence-corrected chi connectivity index (χ3v) is 1.58. The van der Waals surface area contributed by atoms with Gasteiger partial charge >= 0.3 is 5.76 Å². The van der Waals surface area contributed by atoms with Crippen LogP contribution in [0.3, 0.4) is 0 Å². The molecule has 1 N–H and O–H groups in total. The fourth-order valence-electron chi connectivity index (χ4n) is 1.05. The molecule has 0 bridgehead atoms. The Hall–Kier alpha value is -1.51. The van der Waals surface area contributed by atoms with Crippen molar-refractivity contribution >= 4 is 11.1 Å². The zero-order chi connectivity index (χ0) is 10.6. The summed E-state index contributed by atoms with van der Waals surface area (Å²) in [4.78, 5) is 13.2. The number of rotatable bonds is 0. The first kappa shape index (κ1) is 10.6. The van der Waals surface area contributed by atoms with E-state index < -0.39 is 5.76 Å². The average Bonchev–Trinajstić information content (AvgIpc) is 2.45. The van der Waals surface area contributed by atoms with Crippen LogP contribution in [0.1, 0.15) is 27.3 Å². The minimum Gasteiger partial charge on any atom is -0.408 e. The van der Waals surface area contributed by atoms with Crippen molar-refractivity contribution in [3.63, 3.8) is 0 Å². The van der Waals surface area contributed by atoms with Gasteiger partial charge in [0.05, 0.1) is 5.52 Å². The van der Waals surface area contributed by atoms with E-state index in [4.69, 9.17) is 4.42 Å². The molecule has 14 heavy (non-hydrogen) atoms. The first-order chi connectivity index (χ1) is 6.67. The van der Waals surface area contributed by atoms with E-state index in [9.17, 15) is 4.79 Å². The third kappa shape index (κ3) is 2.49. The Labute approximate surface area is 84.2 Å². The Balaban J connectivity index is 0.000000443. The molecule has 1 heterocycles. The van der Waals surface area contributed by atoms with Crippen molar-refractivity contribution in [2.24, 2.45) is 0 Å². The number of hydrogen-bond donors (Lipinski definition) is 1. The molecule has 3 heteroatoms. The molecule has 2 aromatic rings. The lowest BCUT2D eigenvalue weighted by Crippen LogP contribution is -1.92. The maximum absolute atomic E-state index is 10.7. The summed E-state index contributed by atoms with van der Waals surface area (Å²) in [6.45, 7) is 6.20. The molecule has 2 rings (SSSR count). The van der Waals surface area contributed by atoms with Crippen LogP contribution in [0.4, 0.5) is 0 Å². The lowest BCUT2D eigenvalue weighted by Gasteiger charge is -1.87. The highest BCUT2D eigenvalue weighted by Gasteiger charge is 1.98. The van der Waals surface area contributed by atoms with Crippen molar-refractivity contribution in [1.29, 1.82) is 0 Å². The monoisotopic (exact) mass is 195 g/mol. The van der Waals surface area contributed by atoms with Gasteiger partial charge in [-0.1, -0.05) is 26.3 Å². The SMILES string of the molecule is CCC.Cc1ccc2[nH]c(=O)oc2c1.[HH]. The average molecular weight is 195 g/mol. The largest absolute Gasteiger partial charge is 0.417 e. The third-order valence-electron chi connectivity index (χ3n) is 1.58. The number of aromatic nitrogens is 1. The number of nitrogens with one attached hydrogen (secondary N) is 1. The predicted molar refractivity (Wildman–Crippen MR) is 59.7 cm³/mol. The molecule has 78 valence electrons. The van der Waals surface area contributed by atoms with Gasteiger partial charge in [0.15, 0.2) is 5.58 Å². The molecule has 0 saturated heterocycles. The molecule has 0 atom stereocenters. The summed E-state index contributed by atoms with van der Waals surface area (Å²) in [5.41, 5.74) is 2.45. The summed E-state index contributed by atoms with van der Waals surface area (Å²) in [5, 5.41) is 0. The van der Waals surface area contributed by atoms with Gasteiger partial charge in [-0.2, -0.15) is 0 Å². The number of fused-ring (bicyclic) bond motifs is 1. The van der Waals surface area contributed by atoms with E-state index in [0.717, 1.165) is 11.1 Å². The van der Waals surface area contributed by atoms with Crippen LogP contribution < -0.4 is 5.76 Å². The Morgan fingerprint density at radius 3 is 2.71 bits per heavy atom. The highest BCUT2D eigenvalue weighted by atomic mass is 16.4. The minimum atomic E-state index is -0.398. The summed E-state index contributed by atoms with van der Waals surface area (Å²) in [5.74, 6) is -0.398. The normalized spacial score (nSPS) is 9.64. The zero-order valence-corrected chi connectivity index (χ0v) is 8.76. The van der Waals surface area contributed by atoms with Gasteiger partial charge in [-0.3, -0.25) is 4.98 Å². The van der Waals surface area contributed by atoms with Gasteiger partial charge in [-0.05, 0) is 24.6 Å². The van der Waals surface area contributed by atoms with Gasteiger partial charge in [0, 0.05) is 1.43 Å². The summed E-state index contributed by atoms with van der Waals surface area (Å²) in [6, 6.07) is 5.58. The van der Waals surface area contributed by atoms with Gasteiger partial charge in [0.25, 0.3) is 0 Å². The molecular formula is C11H17NO2. The summed E-state index contributed by atoms with van der Waals surface area (Å²) < 4.78 is 4.84. The molecule has 0 aliphatic heterocycles. The van der Waals surface area contributed by atoms with Gasteiger partial charge in [-0.15, -0.1) is 0 Å². The van der Waals surface area contributed by atoms with E-state index in [1.807, 2.05) is 25.1 Å². The molecule has 0 aliphatic carbocycles. The number of oxazole rings is 1. The van der Waals surface area contributed by atoms with E-state index in [-0.39, 0.29) is 1.43 Å². The summed E-state index contributed by atoms with van der Waals surface area (Å²) >= 11 is 0. The molecule has 0 radical (unpaired) electrons. The quantitative estimate of drug-likeness (QED) is 0.702. The maximum Gasteiger partial charge on any atom is 0.417 e. The van der Waals surface area contributed by atoms with Gasteiger partial charge < -0.3 is 4.42 Å². The van der Waals surface area contributed by atoms with E-state index in [0.29, 0.717) is 5.58 Å². The van der Waals surface area contributed by atoms with Crippen molar-refractivity contribution in [1.82, 2.24) is 4.98 Å². The van der Waals surface area contributed by atoms with E-state index in [1.165, 1.54) is 6.42 Å². The number of H-pyrrole nitrogens is 1. The van der Waals surface area contributed by atoms with Crippen molar-refractivity contribution in [2.75, 3.05) is 0 Å². The Morgan fingerprint density at radius 1 is 1.43 bits per heavy atom. The Bertz CT molecular complexity index is 459. The lowest BCUT2D eigenvalue weighted by molar-refractivity contribution is 0.555. The maximum atomic E-state index is 10.7. The first-order valence-electron chi connectivity index (χ1n) is 4.76. The highest BCUT2D eigenvalue weighted by molar-refractivity contribution is 5.72. The van der Waals surface area contributed by atoms with Gasteiger partial charge in [0.1, 0.15) is 0 Å². The predicted octanol–water partition coefficient (Wildman–Crippen LogP) is 3.09. The van der Waals surface area contributed by atoms with Crippen molar-refractivity contribution < 1.29 is 5.84 Å². The number of benzene rings is 1. The summed E-state index contributed by atoms with van der Waals surface area (Å²) in [6.07, 6.45) is 1.25. The van der Waals surface area contributed by atoms with Crippen LogP contribution in [0.25, 0.3) is 11.1 Å². The van der Waals surface area contributed by atoms with Gasteiger partial charge in [-0.25, -0.2) is 4.79 Å². The topological polar surface area (TPSA) is 46.0 Å². The summed E-state index contributed by atoms with van der Waals surface area (Å²) in [7, 11) is 0. The molecule has 0 amide bonds. The van der Waals surface area contributed by atoms with Crippen LogP contribution in [-0.4, -0.2) is 4.98 Å². The molecule has 0 fully saturated rings. The molecule has 0 aliphatic rings. The molecule has 1 aromatic heterocycles. The Morgan fingerprint density at radius 2 is 2.07 bits per heavy atom. The molecule has 1 aromatic carbocycles. The Kier molecular flexibility index (Phi) is 3.51. The van der Waals surface area contributed by atoms with E-state index in [1.54, 1.807) is 0 Å². The second kappa shape index (κ2) is 4.65. The van der Waals surface area contributed by atoms with Gasteiger partial charge in [0.2, 0.25) is 0 Å². The molecule has 0 saturated carbocycles. The van der Waals surface area contributed by atoms with Crippen LogP contribution in [0, 0.1) is 6.92 Å². The van der Waals surface area contributed by atoms with Crippen LogP contribution >= 0.6 is 0 Å². The number of aryl methyl sites for hydroxylation is 1. The molecule has 0 spiro atoms. The van der Waals surface area contributed by atoms with Crippen molar-refractivity contribution in [2.45, 2.75) is 27.2 Å². The van der Waals surface area contributed by atoms with Crippen LogP contribution in [0.2, 0.25) is 0 Å². The highest BCUT2D eigenvalue weighted by Crippen LogP contribution is 2.10. The van der Waals surface area contributed by atoms with Crippen molar-refractivity contribution in [3.05, 3.63) is 34.3 Å². The van der Waals surface area contributed by atoms with Crippen LogP contribution in [0.5, 0.6) is 0 Å². The molecule has 0 unspecified atom stereocenters. The minimum absolute atomic E-state index is 0. The molecular weight excluding hydrogens is 178 g/mol. The number of hydrogen-bond acceptors (Lipinski definition) is 2. The molecule has 3 nitrogen and oxygen atoms in total. The van der Waals surface area contributed by atoms with Crippen LogP contribution in [-0.2, 0) is 0 Å². The fourth-order valence-corrected chi connectivity index (χ4v) is 1.05. The zero-order valence-electron chi connectivity index (χ0n) is 8.76.